The van der Waals surface area contributed by atoms with Crippen LogP contribution >= 0.6 is 0 Å². The summed E-state index contributed by atoms with van der Waals surface area (Å²) in [5.41, 5.74) is 8.85. The van der Waals surface area contributed by atoms with Crippen LogP contribution in [0, 0.1) is 6.92 Å². The lowest BCUT2D eigenvalue weighted by Gasteiger charge is -2.12. The van der Waals surface area contributed by atoms with Gasteiger partial charge in [-0.3, -0.25) is 14.3 Å². The van der Waals surface area contributed by atoms with Gasteiger partial charge in [-0.1, -0.05) is 24.3 Å². The van der Waals surface area contributed by atoms with Crippen molar-refractivity contribution in [3.63, 3.8) is 0 Å². The van der Waals surface area contributed by atoms with Gasteiger partial charge < -0.3 is 20.5 Å². The zero-order valence-corrected chi connectivity index (χ0v) is 24.7. The molecule has 1 amide bonds. The quantitative estimate of drug-likeness (QED) is 0.221. The molecule has 3 aromatic carbocycles. The number of imidazole rings is 1. The van der Waals surface area contributed by atoms with Crippen LogP contribution in [0.1, 0.15) is 18.4 Å². The molecule has 224 valence electrons. The van der Waals surface area contributed by atoms with Gasteiger partial charge in [0.15, 0.2) is 11.5 Å². The van der Waals surface area contributed by atoms with Gasteiger partial charge in [0.1, 0.15) is 29.1 Å². The second-order valence-corrected chi connectivity index (χ2v) is 10.7. The van der Waals surface area contributed by atoms with Crippen LogP contribution in [0.4, 0.5) is 11.5 Å². The van der Waals surface area contributed by atoms with Crippen molar-refractivity contribution in [1.29, 1.82) is 0 Å². The summed E-state index contributed by atoms with van der Waals surface area (Å²) in [6, 6.07) is 20.6. The van der Waals surface area contributed by atoms with Crippen LogP contribution in [-0.2, 0) is 4.79 Å². The maximum Gasteiger partial charge on any atom is 0.339 e. The van der Waals surface area contributed by atoms with Crippen molar-refractivity contribution < 1.29 is 14.3 Å². The second kappa shape index (κ2) is 12.1. The zero-order chi connectivity index (χ0) is 30.8. The highest BCUT2D eigenvalue weighted by Gasteiger charge is 2.25. The first-order chi connectivity index (χ1) is 21.3. The Morgan fingerprint density at radius 1 is 1.05 bits per heavy atom. The SMILES string of the molecule is COc1cc(NC(=O)/C=C/CN(C)C2CC2)cc(-n2c(=O)n(-c3ccc(Oc4ccccc4)cc3C)c3c(N)ncnc32)c1. The molecule has 0 spiro atoms. The van der Waals surface area contributed by atoms with E-state index in [-0.39, 0.29) is 11.7 Å². The highest BCUT2D eigenvalue weighted by Crippen LogP contribution is 2.30. The molecule has 1 aliphatic rings. The zero-order valence-electron chi connectivity index (χ0n) is 24.7. The van der Waals surface area contributed by atoms with Gasteiger partial charge in [0.05, 0.1) is 18.5 Å². The molecule has 2 aromatic heterocycles. The van der Waals surface area contributed by atoms with Crippen LogP contribution in [0.5, 0.6) is 17.2 Å². The summed E-state index contributed by atoms with van der Waals surface area (Å²) in [7, 11) is 3.57. The number of nitrogens with one attached hydrogen (secondary N) is 1. The van der Waals surface area contributed by atoms with Gasteiger partial charge in [-0.25, -0.2) is 19.3 Å². The number of ether oxygens (including phenoxy) is 2. The molecule has 0 saturated heterocycles. The third-order valence-corrected chi connectivity index (χ3v) is 7.52. The summed E-state index contributed by atoms with van der Waals surface area (Å²) in [5.74, 6) is 1.63. The Morgan fingerprint density at radius 3 is 2.57 bits per heavy atom. The van der Waals surface area contributed by atoms with Gasteiger partial charge in [-0.2, -0.15) is 0 Å². The fraction of sp³-hybridized carbons (Fsp3) is 0.212. The molecule has 1 fully saturated rings. The highest BCUT2D eigenvalue weighted by molar-refractivity contribution is 5.99. The summed E-state index contributed by atoms with van der Waals surface area (Å²) in [6.07, 6.45) is 7.06. The van der Waals surface area contributed by atoms with E-state index < -0.39 is 5.69 Å². The number of carbonyl (C=O) groups is 1. The van der Waals surface area contributed by atoms with Crippen molar-refractivity contribution in [3.8, 4) is 28.6 Å². The van der Waals surface area contributed by atoms with E-state index in [1.807, 2.05) is 56.4 Å². The van der Waals surface area contributed by atoms with E-state index in [1.165, 1.54) is 41.5 Å². The van der Waals surface area contributed by atoms with E-state index in [2.05, 4.69) is 20.2 Å². The van der Waals surface area contributed by atoms with E-state index >= 15 is 0 Å². The van der Waals surface area contributed by atoms with E-state index in [4.69, 9.17) is 15.2 Å². The standard InChI is InChI=1S/C33H33N7O4/c1-21-16-26(44-25-8-5-4-6-9-25)13-14-28(21)40-30-31(34)35-20-36-32(30)39(33(40)42)24-17-22(18-27(19-24)43-3)37-29(41)10-7-15-38(2)23-11-12-23/h4-10,13-14,16-20,23H,11-12,15H2,1-3H3,(H,37,41)(H2,34,35,36)/b10-7+. The van der Waals surface area contributed by atoms with E-state index in [9.17, 15) is 9.59 Å². The molecule has 1 aliphatic carbocycles. The molecule has 11 heteroatoms. The van der Waals surface area contributed by atoms with Crippen molar-refractivity contribution >= 4 is 28.6 Å². The number of nitrogen functional groups attached to an aromatic ring is 1. The third-order valence-electron chi connectivity index (χ3n) is 7.52. The third kappa shape index (κ3) is 5.90. The Hall–Kier alpha value is -5.42. The molecule has 0 aliphatic heterocycles. The van der Waals surface area contributed by atoms with Crippen molar-refractivity contribution in [2.24, 2.45) is 0 Å². The summed E-state index contributed by atoms with van der Waals surface area (Å²) in [6.45, 7) is 2.58. The van der Waals surface area contributed by atoms with Gasteiger partial charge in [-0.05, 0) is 68.8 Å². The van der Waals surface area contributed by atoms with Gasteiger partial charge >= 0.3 is 5.69 Å². The van der Waals surface area contributed by atoms with E-state index in [0.717, 1.165) is 5.56 Å². The lowest BCUT2D eigenvalue weighted by molar-refractivity contribution is -0.111. The number of methoxy groups -OCH3 is 1. The largest absolute Gasteiger partial charge is 0.497 e. The maximum atomic E-state index is 14.2. The predicted molar refractivity (Wildman–Crippen MR) is 170 cm³/mol. The Labute approximate surface area is 254 Å². The van der Waals surface area contributed by atoms with E-state index in [0.29, 0.717) is 58.1 Å². The predicted octanol–water partition coefficient (Wildman–Crippen LogP) is 4.85. The Balaban J connectivity index is 1.37. The summed E-state index contributed by atoms with van der Waals surface area (Å²) in [4.78, 5) is 37.8. The van der Waals surface area contributed by atoms with Crippen LogP contribution in [-0.4, -0.2) is 56.7 Å². The Morgan fingerprint density at radius 2 is 1.84 bits per heavy atom. The van der Waals surface area contributed by atoms with Gasteiger partial charge in [0, 0.05) is 36.5 Å². The first-order valence-corrected chi connectivity index (χ1v) is 14.3. The maximum absolute atomic E-state index is 14.2. The number of aryl methyl sites for hydroxylation is 1. The molecule has 44 heavy (non-hydrogen) atoms. The number of anilines is 2. The van der Waals surface area contributed by atoms with E-state index in [1.54, 1.807) is 30.3 Å². The normalized spacial score (nSPS) is 13.1. The smallest absolute Gasteiger partial charge is 0.339 e. The summed E-state index contributed by atoms with van der Waals surface area (Å²) < 4.78 is 14.4. The number of hydrogen-bond acceptors (Lipinski definition) is 8. The number of benzene rings is 3. The first kappa shape index (κ1) is 28.7. The second-order valence-electron chi connectivity index (χ2n) is 10.7. The van der Waals surface area contributed by atoms with Crippen LogP contribution in [0.25, 0.3) is 22.5 Å². The molecule has 1 saturated carbocycles. The number of rotatable bonds is 10. The first-order valence-electron chi connectivity index (χ1n) is 14.3. The molecule has 0 unspecified atom stereocenters. The molecule has 0 bridgehead atoms. The number of likely N-dealkylation sites (N-methyl/N-ethyl adjacent to an activating group) is 1. The topological polar surface area (TPSA) is 130 Å². The molecule has 2 heterocycles. The molecule has 0 atom stereocenters. The molecular weight excluding hydrogens is 558 g/mol. The lowest BCUT2D eigenvalue weighted by atomic mass is 10.2. The number of fused-ring (bicyclic) bond motifs is 1. The van der Waals surface area contributed by atoms with Crippen LogP contribution in [0.15, 0.2) is 90.0 Å². The molecule has 6 rings (SSSR count). The number of aromatic nitrogens is 4. The van der Waals surface area contributed by atoms with Crippen molar-refractivity contribution in [3.05, 3.63) is 101 Å². The molecular formula is C33H33N7O4. The number of amides is 1. The highest BCUT2D eigenvalue weighted by atomic mass is 16.5. The van der Waals surface area contributed by atoms with Crippen LogP contribution in [0.3, 0.4) is 0 Å². The lowest BCUT2D eigenvalue weighted by Crippen LogP contribution is -2.23. The van der Waals surface area contributed by atoms with Crippen LogP contribution < -0.4 is 26.2 Å². The molecule has 11 nitrogen and oxygen atoms in total. The number of para-hydroxylation sites is 1. The van der Waals surface area contributed by atoms with Gasteiger partial charge in [-0.15, -0.1) is 0 Å². The fourth-order valence-corrected chi connectivity index (χ4v) is 5.15. The number of carbonyl (C=O) groups excluding carboxylic acids is 1. The average molecular weight is 592 g/mol. The number of hydrogen-bond donors (Lipinski definition) is 2. The van der Waals surface area contributed by atoms with Crippen molar-refractivity contribution in [2.45, 2.75) is 25.8 Å². The monoisotopic (exact) mass is 591 g/mol. The number of nitrogens with zero attached hydrogens (tertiary/aromatic N) is 5. The Bertz CT molecular complexity index is 1930. The molecule has 0 radical (unpaired) electrons. The molecule has 3 N–H and O–H groups in total. The van der Waals surface area contributed by atoms with Gasteiger partial charge in [0.25, 0.3) is 0 Å². The summed E-state index contributed by atoms with van der Waals surface area (Å²) >= 11 is 0. The average Bonchev–Trinajstić information content (AvgIpc) is 3.82. The fourth-order valence-electron chi connectivity index (χ4n) is 5.15. The minimum absolute atomic E-state index is 0.146. The minimum Gasteiger partial charge on any atom is -0.497 e. The van der Waals surface area contributed by atoms with Gasteiger partial charge in [0.2, 0.25) is 5.91 Å². The van der Waals surface area contributed by atoms with Crippen molar-refractivity contribution in [2.75, 3.05) is 31.8 Å². The number of nitrogens with two attached hydrogens (primary N) is 1. The van der Waals surface area contributed by atoms with Crippen molar-refractivity contribution in [1.82, 2.24) is 24.0 Å². The Kier molecular flexibility index (Phi) is 7.86. The minimum atomic E-state index is -0.416. The van der Waals surface area contributed by atoms with Crippen LogP contribution in [0.2, 0.25) is 0 Å². The summed E-state index contributed by atoms with van der Waals surface area (Å²) in [5, 5.41) is 2.88. The molecule has 5 aromatic rings.